The summed E-state index contributed by atoms with van der Waals surface area (Å²) in [5, 5.41) is 12.2. The summed E-state index contributed by atoms with van der Waals surface area (Å²) >= 11 is 0. The lowest BCUT2D eigenvalue weighted by molar-refractivity contribution is 0.660. The topological polar surface area (TPSA) is 16.4 Å². The Morgan fingerprint density at radius 2 is 0.794 bits per heavy atom. The summed E-state index contributed by atoms with van der Waals surface area (Å²) in [4.78, 5) is 2.47. The predicted octanol–water partition coefficient (Wildman–Crippen LogP) is 17.3. The molecule has 0 radical (unpaired) electrons. The van der Waals surface area contributed by atoms with Crippen LogP contribution < -0.4 is 4.90 Å². The monoisotopic (exact) mass is 803 g/mol. The Balaban J connectivity index is 0.979. The van der Waals surface area contributed by atoms with E-state index in [4.69, 9.17) is 4.42 Å². The summed E-state index contributed by atoms with van der Waals surface area (Å²) in [7, 11) is 0. The van der Waals surface area contributed by atoms with Crippen molar-refractivity contribution in [3.63, 3.8) is 0 Å². The van der Waals surface area contributed by atoms with Crippen molar-refractivity contribution in [3.8, 4) is 33.4 Å². The van der Waals surface area contributed by atoms with Crippen molar-refractivity contribution in [3.05, 3.63) is 223 Å². The third kappa shape index (κ3) is 5.31. The molecule has 0 fully saturated rings. The van der Waals surface area contributed by atoms with E-state index in [0.29, 0.717) is 0 Å². The van der Waals surface area contributed by atoms with Crippen LogP contribution in [0.1, 0.15) is 25.0 Å². The quantitative estimate of drug-likeness (QED) is 0.161. The van der Waals surface area contributed by atoms with Gasteiger partial charge in [0.15, 0.2) is 0 Å². The molecule has 63 heavy (non-hydrogen) atoms. The van der Waals surface area contributed by atoms with Crippen molar-refractivity contribution in [2.75, 3.05) is 4.90 Å². The summed E-state index contributed by atoms with van der Waals surface area (Å²) in [6.07, 6.45) is 0. The third-order valence-corrected chi connectivity index (χ3v) is 13.8. The van der Waals surface area contributed by atoms with Crippen molar-refractivity contribution in [2.24, 2.45) is 0 Å². The van der Waals surface area contributed by atoms with Crippen LogP contribution in [0.5, 0.6) is 0 Å². The Morgan fingerprint density at radius 3 is 1.40 bits per heavy atom. The number of fused-ring (bicyclic) bond motifs is 10. The van der Waals surface area contributed by atoms with Gasteiger partial charge in [-0.1, -0.05) is 178 Å². The lowest BCUT2D eigenvalue weighted by Crippen LogP contribution is -2.17. The SMILES string of the molecule is CC1(C)c2cc(-c3c4ccccc4c(-c4ccc5oc6ccccc6c5c4)c4ccccc34)ccc2-c2ccc(N(c3cccc4ccccc34)c3cccc4ccccc34)cc21. The van der Waals surface area contributed by atoms with E-state index in [1.54, 1.807) is 0 Å². The van der Waals surface area contributed by atoms with Gasteiger partial charge < -0.3 is 9.32 Å². The number of benzene rings is 11. The summed E-state index contributed by atoms with van der Waals surface area (Å²) in [6.45, 7) is 4.81. The summed E-state index contributed by atoms with van der Waals surface area (Å²) < 4.78 is 6.26. The lowest BCUT2D eigenvalue weighted by atomic mass is 9.80. The Kier molecular flexibility index (Phi) is 7.68. The molecule has 0 saturated heterocycles. The van der Waals surface area contributed by atoms with E-state index in [1.165, 1.54) is 99.0 Å². The highest BCUT2D eigenvalue weighted by atomic mass is 16.3. The fourth-order valence-corrected chi connectivity index (χ4v) is 10.9. The van der Waals surface area contributed by atoms with Crippen LogP contribution in [0.3, 0.4) is 0 Å². The minimum absolute atomic E-state index is 0.256. The van der Waals surface area contributed by atoms with Gasteiger partial charge in [0.1, 0.15) is 11.2 Å². The second-order valence-corrected chi connectivity index (χ2v) is 17.6. The first kappa shape index (κ1) is 35.8. The fourth-order valence-electron chi connectivity index (χ4n) is 10.9. The molecule has 1 aliphatic carbocycles. The van der Waals surface area contributed by atoms with Gasteiger partial charge in [0.2, 0.25) is 0 Å². The summed E-state index contributed by atoms with van der Waals surface area (Å²) in [5.74, 6) is 0. The average Bonchev–Trinajstić information content (AvgIpc) is 3.81. The molecular weight excluding hydrogens is 763 g/mol. The fraction of sp³-hybridized carbons (Fsp3) is 0.0492. The van der Waals surface area contributed by atoms with E-state index < -0.39 is 0 Å². The Hall–Kier alpha value is -7.94. The van der Waals surface area contributed by atoms with Crippen LogP contribution in [0, 0.1) is 0 Å². The molecule has 0 amide bonds. The number of hydrogen-bond donors (Lipinski definition) is 0. The number of para-hydroxylation sites is 1. The number of nitrogens with zero attached hydrogens (tertiary/aromatic N) is 1. The molecule has 12 aromatic rings. The minimum Gasteiger partial charge on any atom is -0.456 e. The largest absolute Gasteiger partial charge is 0.456 e. The molecule has 0 bridgehead atoms. The van der Waals surface area contributed by atoms with Crippen LogP contribution in [0.15, 0.2) is 217 Å². The van der Waals surface area contributed by atoms with Crippen LogP contribution in [-0.2, 0) is 5.41 Å². The van der Waals surface area contributed by atoms with Crippen LogP contribution in [-0.4, -0.2) is 0 Å². The van der Waals surface area contributed by atoms with E-state index in [9.17, 15) is 0 Å². The zero-order valence-electron chi connectivity index (χ0n) is 35.1. The molecule has 0 unspecified atom stereocenters. The normalized spacial score (nSPS) is 13.0. The Bertz CT molecular complexity index is 3700. The van der Waals surface area contributed by atoms with Crippen molar-refractivity contribution in [2.45, 2.75) is 19.3 Å². The number of anilines is 3. The van der Waals surface area contributed by atoms with Gasteiger partial charge in [-0.25, -0.2) is 0 Å². The number of furan rings is 1. The maximum atomic E-state index is 6.26. The molecule has 1 aliphatic rings. The van der Waals surface area contributed by atoms with E-state index in [-0.39, 0.29) is 5.41 Å². The first-order chi connectivity index (χ1) is 31.0. The summed E-state index contributed by atoms with van der Waals surface area (Å²) in [6, 6.07) is 78.1. The molecule has 2 nitrogen and oxygen atoms in total. The molecule has 2 heteroatoms. The highest BCUT2D eigenvalue weighted by Gasteiger charge is 2.37. The number of rotatable bonds is 5. The van der Waals surface area contributed by atoms with Gasteiger partial charge >= 0.3 is 0 Å². The molecule has 11 aromatic carbocycles. The standard InChI is InChI=1S/C61H41NO/c1-61(2)53-36-41(60-50-24-9-7-22-48(50)59(49-23-8-10-25-51(49)60)40-30-34-58-52(35-40)47-21-11-12-28-57(47)63-58)29-32-45(53)46-33-31-42(37-54(46)61)62(55-26-13-17-38-15-3-5-19-43(38)55)56-27-14-18-39-16-4-6-20-44(39)56/h3-37H,1-2H3. The van der Waals surface area contributed by atoms with Crippen LogP contribution >= 0.6 is 0 Å². The van der Waals surface area contributed by atoms with E-state index in [2.05, 4.69) is 225 Å². The Labute approximate surface area is 365 Å². The molecule has 1 heterocycles. The smallest absolute Gasteiger partial charge is 0.135 e. The highest BCUT2D eigenvalue weighted by molar-refractivity contribution is 6.22. The van der Waals surface area contributed by atoms with Crippen molar-refractivity contribution in [1.29, 1.82) is 0 Å². The van der Waals surface area contributed by atoms with Gasteiger partial charge in [0.25, 0.3) is 0 Å². The van der Waals surface area contributed by atoms with Gasteiger partial charge in [-0.3, -0.25) is 0 Å². The summed E-state index contributed by atoms with van der Waals surface area (Å²) in [5.41, 5.74) is 15.3. The van der Waals surface area contributed by atoms with Crippen molar-refractivity contribution >= 4 is 82.1 Å². The highest BCUT2D eigenvalue weighted by Crippen LogP contribution is 2.54. The van der Waals surface area contributed by atoms with Gasteiger partial charge in [-0.05, 0) is 125 Å². The number of hydrogen-bond acceptors (Lipinski definition) is 2. The maximum absolute atomic E-state index is 6.26. The van der Waals surface area contributed by atoms with E-state index in [1.807, 2.05) is 6.07 Å². The van der Waals surface area contributed by atoms with E-state index in [0.717, 1.165) is 27.6 Å². The minimum atomic E-state index is -0.256. The zero-order chi connectivity index (χ0) is 41.8. The predicted molar refractivity (Wildman–Crippen MR) is 267 cm³/mol. The average molecular weight is 804 g/mol. The molecule has 13 rings (SSSR count). The van der Waals surface area contributed by atoms with Gasteiger partial charge in [0.05, 0.1) is 11.4 Å². The second kappa shape index (κ2) is 13.5. The van der Waals surface area contributed by atoms with E-state index >= 15 is 0 Å². The van der Waals surface area contributed by atoms with Gasteiger partial charge in [0, 0.05) is 32.6 Å². The Morgan fingerprint density at radius 1 is 0.349 bits per heavy atom. The molecule has 296 valence electrons. The van der Waals surface area contributed by atoms with Crippen LogP contribution in [0.4, 0.5) is 17.1 Å². The van der Waals surface area contributed by atoms with Crippen molar-refractivity contribution < 1.29 is 4.42 Å². The lowest BCUT2D eigenvalue weighted by Gasteiger charge is -2.30. The first-order valence-corrected chi connectivity index (χ1v) is 21.9. The molecule has 0 atom stereocenters. The third-order valence-electron chi connectivity index (χ3n) is 13.8. The van der Waals surface area contributed by atoms with Gasteiger partial charge in [-0.15, -0.1) is 0 Å². The van der Waals surface area contributed by atoms with Crippen LogP contribution in [0.2, 0.25) is 0 Å². The zero-order valence-corrected chi connectivity index (χ0v) is 35.1. The molecule has 0 saturated carbocycles. The molecule has 0 N–H and O–H groups in total. The second-order valence-electron chi connectivity index (χ2n) is 17.6. The molecule has 1 aromatic heterocycles. The van der Waals surface area contributed by atoms with Crippen LogP contribution in [0.25, 0.3) is 98.4 Å². The first-order valence-electron chi connectivity index (χ1n) is 21.9. The molecule has 0 spiro atoms. The maximum Gasteiger partial charge on any atom is 0.135 e. The van der Waals surface area contributed by atoms with Crippen molar-refractivity contribution in [1.82, 2.24) is 0 Å². The van der Waals surface area contributed by atoms with Gasteiger partial charge in [-0.2, -0.15) is 0 Å². The molecular formula is C61H41NO. The molecule has 0 aliphatic heterocycles.